The maximum atomic E-state index is 12.1. The lowest BCUT2D eigenvalue weighted by atomic mass is 10.2. The Morgan fingerprint density at radius 3 is 2.20 bits per heavy atom. The van der Waals surface area contributed by atoms with Gasteiger partial charge >= 0.3 is 11.8 Å². The molecule has 0 radical (unpaired) electrons. The first-order valence-corrected chi connectivity index (χ1v) is 7.19. The van der Waals surface area contributed by atoms with Crippen molar-refractivity contribution in [1.29, 1.82) is 0 Å². The lowest BCUT2D eigenvalue weighted by Crippen LogP contribution is -2.54. The number of hydrogen-bond acceptors (Lipinski definition) is 4. The summed E-state index contributed by atoms with van der Waals surface area (Å²) >= 11 is 0. The molecule has 7 heteroatoms. The molecular formula is C13H22N4O3. The highest BCUT2D eigenvalue weighted by molar-refractivity contribution is 6.35. The van der Waals surface area contributed by atoms with E-state index in [2.05, 4.69) is 10.6 Å². The molecule has 2 saturated heterocycles. The van der Waals surface area contributed by atoms with Crippen molar-refractivity contribution in [3.8, 4) is 0 Å². The summed E-state index contributed by atoms with van der Waals surface area (Å²) in [6.07, 6.45) is 2.01. The first kappa shape index (κ1) is 14.8. The summed E-state index contributed by atoms with van der Waals surface area (Å²) in [4.78, 5) is 39.1. The number of carbonyl (C=O) groups excluding carboxylic acids is 3. The minimum atomic E-state index is -0.688. The van der Waals surface area contributed by atoms with Gasteiger partial charge in [0.1, 0.15) is 6.04 Å². The number of piperazine rings is 1. The smallest absolute Gasteiger partial charge is 0.311 e. The van der Waals surface area contributed by atoms with E-state index in [1.54, 1.807) is 11.8 Å². The van der Waals surface area contributed by atoms with Gasteiger partial charge in [0.25, 0.3) is 0 Å². The summed E-state index contributed by atoms with van der Waals surface area (Å²) in [5.41, 5.74) is 0. The highest BCUT2D eigenvalue weighted by Gasteiger charge is 2.28. The van der Waals surface area contributed by atoms with E-state index >= 15 is 0 Å². The van der Waals surface area contributed by atoms with Crippen molar-refractivity contribution in [2.24, 2.45) is 0 Å². The second-order valence-corrected chi connectivity index (χ2v) is 5.27. The van der Waals surface area contributed by atoms with Crippen molar-refractivity contribution in [1.82, 2.24) is 20.4 Å². The van der Waals surface area contributed by atoms with Crippen LogP contribution in [0.4, 0.5) is 0 Å². The zero-order valence-corrected chi connectivity index (χ0v) is 11.9. The Kier molecular flexibility index (Phi) is 4.94. The van der Waals surface area contributed by atoms with Crippen LogP contribution in [0.25, 0.3) is 0 Å². The summed E-state index contributed by atoms with van der Waals surface area (Å²) in [5, 5.41) is 5.63. The lowest BCUT2D eigenvalue weighted by Gasteiger charge is -2.27. The van der Waals surface area contributed by atoms with Crippen LogP contribution in [-0.4, -0.2) is 72.8 Å². The monoisotopic (exact) mass is 282 g/mol. The summed E-state index contributed by atoms with van der Waals surface area (Å²) in [6.45, 7) is 5.56. The van der Waals surface area contributed by atoms with Gasteiger partial charge in [-0.1, -0.05) is 0 Å². The third kappa shape index (κ3) is 3.47. The summed E-state index contributed by atoms with van der Waals surface area (Å²) in [6, 6.07) is -0.646. The molecule has 0 aromatic heterocycles. The molecule has 112 valence electrons. The van der Waals surface area contributed by atoms with Crippen molar-refractivity contribution in [3.63, 3.8) is 0 Å². The number of nitrogens with zero attached hydrogens (tertiary/aromatic N) is 2. The van der Waals surface area contributed by atoms with Crippen LogP contribution in [0.1, 0.15) is 19.8 Å². The average Bonchev–Trinajstić information content (AvgIpc) is 3.00. The number of amides is 3. The van der Waals surface area contributed by atoms with E-state index in [4.69, 9.17) is 0 Å². The van der Waals surface area contributed by atoms with Crippen LogP contribution in [0.5, 0.6) is 0 Å². The van der Waals surface area contributed by atoms with E-state index in [9.17, 15) is 14.4 Å². The Bertz CT molecular complexity index is 387. The molecule has 1 atom stereocenters. The molecule has 0 aromatic carbocycles. The van der Waals surface area contributed by atoms with Gasteiger partial charge in [0.05, 0.1) is 0 Å². The molecule has 1 unspecified atom stereocenters. The average molecular weight is 282 g/mol. The molecule has 0 bridgehead atoms. The van der Waals surface area contributed by atoms with Gasteiger partial charge in [0.15, 0.2) is 0 Å². The predicted molar refractivity (Wildman–Crippen MR) is 72.9 cm³/mol. The molecule has 0 aromatic rings. The van der Waals surface area contributed by atoms with Gasteiger partial charge < -0.3 is 20.4 Å². The molecule has 7 nitrogen and oxygen atoms in total. The number of likely N-dealkylation sites (tertiary alicyclic amines) is 1. The van der Waals surface area contributed by atoms with E-state index < -0.39 is 17.9 Å². The fraction of sp³-hybridized carbons (Fsp3) is 0.769. The second kappa shape index (κ2) is 6.69. The number of carbonyl (C=O) groups is 3. The topological polar surface area (TPSA) is 81.8 Å². The summed E-state index contributed by atoms with van der Waals surface area (Å²) < 4.78 is 0. The number of nitrogens with one attached hydrogen (secondary N) is 2. The van der Waals surface area contributed by atoms with Crippen LogP contribution in [0.2, 0.25) is 0 Å². The molecule has 2 N–H and O–H groups in total. The Balaban J connectivity index is 1.83. The van der Waals surface area contributed by atoms with E-state index in [0.717, 1.165) is 25.9 Å². The first-order chi connectivity index (χ1) is 9.59. The van der Waals surface area contributed by atoms with Gasteiger partial charge in [0.2, 0.25) is 5.91 Å². The van der Waals surface area contributed by atoms with Crippen LogP contribution >= 0.6 is 0 Å². The van der Waals surface area contributed by atoms with Crippen molar-refractivity contribution in [3.05, 3.63) is 0 Å². The third-order valence-corrected chi connectivity index (χ3v) is 3.73. The maximum absolute atomic E-state index is 12.1. The first-order valence-electron chi connectivity index (χ1n) is 7.19. The maximum Gasteiger partial charge on any atom is 0.311 e. The molecule has 0 aliphatic carbocycles. The summed E-state index contributed by atoms with van der Waals surface area (Å²) in [7, 11) is 0. The van der Waals surface area contributed by atoms with Crippen LogP contribution < -0.4 is 10.6 Å². The second-order valence-electron chi connectivity index (χ2n) is 5.27. The van der Waals surface area contributed by atoms with Crippen molar-refractivity contribution < 1.29 is 14.4 Å². The minimum absolute atomic E-state index is 0.107. The van der Waals surface area contributed by atoms with Gasteiger partial charge in [-0.2, -0.15) is 0 Å². The Morgan fingerprint density at radius 2 is 1.60 bits per heavy atom. The van der Waals surface area contributed by atoms with E-state index in [1.807, 2.05) is 0 Å². The van der Waals surface area contributed by atoms with Gasteiger partial charge in [-0.25, -0.2) is 0 Å². The standard InChI is InChI=1S/C13H22N4O3/c1-10(12(19)16-6-2-3-7-16)15-11(18)13(20)17-8-4-14-5-9-17/h10,14H,2-9H2,1H3,(H,15,18). The Labute approximate surface area is 118 Å². The van der Waals surface area contributed by atoms with Crippen LogP contribution in [0, 0.1) is 0 Å². The third-order valence-electron chi connectivity index (χ3n) is 3.73. The van der Waals surface area contributed by atoms with Gasteiger partial charge in [0, 0.05) is 39.3 Å². The zero-order chi connectivity index (χ0) is 14.5. The fourth-order valence-electron chi connectivity index (χ4n) is 2.54. The molecule has 3 amide bonds. The van der Waals surface area contributed by atoms with Crippen LogP contribution in [0.3, 0.4) is 0 Å². The largest absolute Gasteiger partial charge is 0.341 e. The van der Waals surface area contributed by atoms with Crippen molar-refractivity contribution >= 4 is 17.7 Å². The zero-order valence-electron chi connectivity index (χ0n) is 11.9. The van der Waals surface area contributed by atoms with Crippen molar-refractivity contribution in [2.75, 3.05) is 39.3 Å². The SMILES string of the molecule is CC(NC(=O)C(=O)N1CCNCC1)C(=O)N1CCCC1. The van der Waals surface area contributed by atoms with E-state index in [-0.39, 0.29) is 5.91 Å². The Hall–Kier alpha value is -1.63. The summed E-state index contributed by atoms with van der Waals surface area (Å²) in [5.74, 6) is -1.34. The molecule has 2 aliphatic heterocycles. The molecule has 0 spiro atoms. The van der Waals surface area contributed by atoms with Crippen molar-refractivity contribution in [2.45, 2.75) is 25.8 Å². The normalized spacial score (nSPS) is 20.6. The molecule has 2 heterocycles. The fourth-order valence-corrected chi connectivity index (χ4v) is 2.54. The Morgan fingerprint density at radius 1 is 1.00 bits per heavy atom. The number of rotatable bonds is 2. The molecule has 0 saturated carbocycles. The van der Waals surface area contributed by atoms with Gasteiger partial charge in [-0.15, -0.1) is 0 Å². The van der Waals surface area contributed by atoms with E-state index in [1.165, 1.54) is 4.90 Å². The molecule has 2 aliphatic rings. The van der Waals surface area contributed by atoms with Crippen LogP contribution in [-0.2, 0) is 14.4 Å². The lowest BCUT2D eigenvalue weighted by molar-refractivity contribution is -0.147. The molecule has 2 fully saturated rings. The quantitative estimate of drug-likeness (QED) is 0.607. The molecular weight excluding hydrogens is 260 g/mol. The van der Waals surface area contributed by atoms with Crippen LogP contribution in [0.15, 0.2) is 0 Å². The highest BCUT2D eigenvalue weighted by atomic mass is 16.2. The minimum Gasteiger partial charge on any atom is -0.341 e. The predicted octanol–water partition coefficient (Wildman–Crippen LogP) is -1.45. The molecule has 20 heavy (non-hydrogen) atoms. The van der Waals surface area contributed by atoms with Gasteiger partial charge in [-0.05, 0) is 19.8 Å². The van der Waals surface area contributed by atoms with E-state index in [0.29, 0.717) is 26.2 Å². The highest BCUT2D eigenvalue weighted by Crippen LogP contribution is 2.09. The van der Waals surface area contributed by atoms with Gasteiger partial charge in [-0.3, -0.25) is 14.4 Å². The number of hydrogen-bond donors (Lipinski definition) is 2. The molecule has 2 rings (SSSR count).